The quantitative estimate of drug-likeness (QED) is 0.231. The highest BCUT2D eigenvalue weighted by Crippen LogP contribution is 2.64. The second-order valence-electron chi connectivity index (χ2n) is 14.6. The third kappa shape index (κ3) is 9.29. The van der Waals surface area contributed by atoms with Gasteiger partial charge in [0.15, 0.2) is 5.79 Å². The average molecular weight is 675 g/mol. The van der Waals surface area contributed by atoms with Crippen molar-refractivity contribution in [3.63, 3.8) is 0 Å². The molecule has 1 saturated heterocycles. The molecule has 6 rings (SSSR count). The number of benzene rings is 1. The highest BCUT2D eigenvalue weighted by Gasteiger charge is 2.56. The van der Waals surface area contributed by atoms with Crippen LogP contribution in [0.1, 0.15) is 145 Å². The first-order valence-electron chi connectivity index (χ1n) is 19.8. The summed E-state index contributed by atoms with van der Waals surface area (Å²) in [4.78, 5) is 0. The molecule has 5 atom stereocenters. The van der Waals surface area contributed by atoms with Gasteiger partial charge in [-0.15, -0.1) is 0 Å². The van der Waals surface area contributed by atoms with E-state index in [9.17, 15) is 5.11 Å². The van der Waals surface area contributed by atoms with Crippen LogP contribution in [0.4, 0.5) is 0 Å². The predicted octanol–water partition coefficient (Wildman–Crippen LogP) is 12.1. The number of allylic oxidation sites excluding steroid dienone is 7. The molecular weight excluding hydrogens is 604 g/mol. The predicted molar refractivity (Wildman–Crippen MR) is 208 cm³/mol. The number of aliphatic hydroxyl groups is 1. The van der Waals surface area contributed by atoms with E-state index in [0.29, 0.717) is 24.4 Å². The number of rotatable bonds is 7. The summed E-state index contributed by atoms with van der Waals surface area (Å²) < 4.78 is 18.6. The van der Waals surface area contributed by atoms with Crippen LogP contribution in [0.25, 0.3) is 6.08 Å². The van der Waals surface area contributed by atoms with Gasteiger partial charge in [-0.1, -0.05) is 123 Å². The summed E-state index contributed by atoms with van der Waals surface area (Å²) >= 11 is 0. The van der Waals surface area contributed by atoms with E-state index in [-0.39, 0.29) is 16.9 Å². The number of ether oxygens (including phenoxy) is 3. The van der Waals surface area contributed by atoms with Crippen molar-refractivity contribution in [2.75, 3.05) is 19.8 Å². The van der Waals surface area contributed by atoms with Gasteiger partial charge in [0.2, 0.25) is 0 Å². The molecular formula is C45H70O4. The second-order valence-corrected chi connectivity index (χ2v) is 14.6. The Morgan fingerprint density at radius 3 is 2.24 bits per heavy atom. The summed E-state index contributed by atoms with van der Waals surface area (Å²) in [5.41, 5.74) is 7.32. The maximum Gasteiger partial charge on any atom is 0.172 e. The average Bonchev–Trinajstić information content (AvgIpc) is 3.44. The van der Waals surface area contributed by atoms with Gasteiger partial charge in [0.05, 0.1) is 25.9 Å². The molecule has 49 heavy (non-hydrogen) atoms. The van der Waals surface area contributed by atoms with Gasteiger partial charge < -0.3 is 19.3 Å². The first-order valence-corrected chi connectivity index (χ1v) is 19.8. The van der Waals surface area contributed by atoms with Crippen molar-refractivity contribution in [1.29, 1.82) is 0 Å². The molecule has 5 aliphatic rings. The summed E-state index contributed by atoms with van der Waals surface area (Å²) in [6.45, 7) is 25.2. The Kier molecular flexibility index (Phi) is 15.7. The lowest BCUT2D eigenvalue weighted by Crippen LogP contribution is -2.50. The molecule has 1 N–H and O–H groups in total. The number of hydrogen-bond acceptors (Lipinski definition) is 4. The topological polar surface area (TPSA) is 47.9 Å². The Morgan fingerprint density at radius 1 is 0.939 bits per heavy atom. The van der Waals surface area contributed by atoms with Crippen LogP contribution in [0.5, 0.6) is 0 Å². The van der Waals surface area contributed by atoms with Gasteiger partial charge in [-0.2, -0.15) is 0 Å². The van der Waals surface area contributed by atoms with E-state index >= 15 is 0 Å². The van der Waals surface area contributed by atoms with Gasteiger partial charge in [0.25, 0.3) is 0 Å². The van der Waals surface area contributed by atoms with Crippen molar-refractivity contribution in [2.45, 2.75) is 145 Å². The molecule has 1 spiro atoms. The Hall–Kier alpha value is -2.40. The first kappa shape index (κ1) is 41.0. The minimum atomic E-state index is -0.460. The van der Waals surface area contributed by atoms with Gasteiger partial charge in [-0.25, -0.2) is 0 Å². The Bertz CT molecular complexity index is 1320. The van der Waals surface area contributed by atoms with E-state index in [1.54, 1.807) is 11.1 Å². The molecule has 5 unspecified atom stereocenters. The van der Waals surface area contributed by atoms with Crippen LogP contribution in [-0.4, -0.2) is 36.8 Å². The normalized spacial score (nSPS) is 29.7. The van der Waals surface area contributed by atoms with Crippen LogP contribution in [0, 0.1) is 22.7 Å². The number of fused-ring (bicyclic) bond motifs is 4. The van der Waals surface area contributed by atoms with Crippen LogP contribution < -0.4 is 0 Å². The van der Waals surface area contributed by atoms with E-state index < -0.39 is 5.79 Å². The summed E-state index contributed by atoms with van der Waals surface area (Å²) in [5, 5.41) is 11.3. The smallest absolute Gasteiger partial charge is 0.172 e. The highest BCUT2D eigenvalue weighted by atomic mass is 16.7. The van der Waals surface area contributed by atoms with E-state index in [0.717, 1.165) is 70.3 Å². The fourth-order valence-corrected chi connectivity index (χ4v) is 8.68. The molecule has 3 saturated carbocycles. The third-order valence-electron chi connectivity index (χ3n) is 11.0. The molecule has 4 aliphatic carbocycles. The molecule has 1 heterocycles. The molecule has 274 valence electrons. The molecule has 1 aliphatic heterocycles. The van der Waals surface area contributed by atoms with Crippen LogP contribution in [0.3, 0.4) is 0 Å². The minimum absolute atomic E-state index is 0.0323. The van der Waals surface area contributed by atoms with Gasteiger partial charge >= 0.3 is 0 Å². The van der Waals surface area contributed by atoms with E-state index in [1.165, 1.54) is 16.7 Å². The Morgan fingerprint density at radius 2 is 1.61 bits per heavy atom. The molecule has 1 aromatic carbocycles. The number of aliphatic hydroxyl groups excluding tert-OH is 1. The van der Waals surface area contributed by atoms with Crippen molar-refractivity contribution < 1.29 is 19.3 Å². The lowest BCUT2D eigenvalue weighted by molar-refractivity contribution is -0.302. The highest BCUT2D eigenvalue weighted by molar-refractivity contribution is 5.54. The van der Waals surface area contributed by atoms with Crippen LogP contribution in [-0.2, 0) is 14.2 Å². The van der Waals surface area contributed by atoms with E-state index in [1.807, 2.05) is 54.5 Å². The van der Waals surface area contributed by atoms with Crippen LogP contribution in [0.2, 0.25) is 0 Å². The van der Waals surface area contributed by atoms with Crippen LogP contribution >= 0.6 is 0 Å². The largest absolute Gasteiger partial charge is 0.494 e. The summed E-state index contributed by atoms with van der Waals surface area (Å²) in [7, 11) is 0. The standard InChI is InChI=1S/C39H52O4.3C2H6/c1-6-10-30(41-7-2)12-9-8-11-27-13-15-28(16-14-27)33-24-38(5)34(19-20-35(38)40)32-18-17-29-23-39(22-21-31(29)36(32)33)42-25-37(3,4)26-43-39;3*1-2/h8-17,32-35,40H,6-7,18-26H2,1-5H3;3*1-2H3/b11-8+,12-9+,30-10-;;;. The number of hydrogen-bond donors (Lipinski definition) is 1. The Labute approximate surface area is 300 Å². The van der Waals surface area contributed by atoms with Crippen molar-refractivity contribution in [3.05, 3.63) is 88.3 Å². The molecule has 1 aromatic rings. The monoisotopic (exact) mass is 675 g/mol. The summed E-state index contributed by atoms with van der Waals surface area (Å²) in [6, 6.07) is 9.19. The molecule has 4 nitrogen and oxygen atoms in total. The van der Waals surface area contributed by atoms with Crippen LogP contribution in [0.15, 0.2) is 77.1 Å². The maximum absolute atomic E-state index is 11.3. The fourth-order valence-electron chi connectivity index (χ4n) is 8.68. The van der Waals surface area contributed by atoms with Gasteiger partial charge in [0, 0.05) is 24.2 Å². The fraction of sp³-hybridized carbons (Fsp3) is 0.644. The zero-order valence-corrected chi connectivity index (χ0v) is 33.0. The Balaban J connectivity index is 0.00000103. The van der Waals surface area contributed by atoms with Gasteiger partial charge in [-0.05, 0) is 97.1 Å². The molecule has 0 bridgehead atoms. The zero-order chi connectivity index (χ0) is 36.2. The second kappa shape index (κ2) is 18.7. The van der Waals surface area contributed by atoms with E-state index in [2.05, 4.69) is 82.3 Å². The molecule has 0 radical (unpaired) electrons. The maximum atomic E-state index is 11.3. The zero-order valence-electron chi connectivity index (χ0n) is 33.0. The van der Waals surface area contributed by atoms with Gasteiger partial charge in [-0.3, -0.25) is 0 Å². The first-order chi connectivity index (χ1) is 23.7. The van der Waals surface area contributed by atoms with Crippen molar-refractivity contribution in [3.8, 4) is 0 Å². The lowest BCUT2D eigenvalue weighted by Gasteiger charge is -2.53. The third-order valence-corrected chi connectivity index (χ3v) is 11.0. The molecule has 0 aromatic heterocycles. The molecule has 0 amide bonds. The van der Waals surface area contributed by atoms with Crippen molar-refractivity contribution in [2.24, 2.45) is 22.7 Å². The van der Waals surface area contributed by atoms with E-state index in [4.69, 9.17) is 14.2 Å². The molecule has 4 heteroatoms. The molecule has 4 fully saturated rings. The minimum Gasteiger partial charge on any atom is -0.494 e. The summed E-state index contributed by atoms with van der Waals surface area (Å²) in [5.74, 6) is 1.87. The lowest BCUT2D eigenvalue weighted by atomic mass is 9.53. The van der Waals surface area contributed by atoms with Crippen molar-refractivity contribution in [1.82, 2.24) is 0 Å². The summed E-state index contributed by atoms with van der Waals surface area (Å²) in [6.07, 6.45) is 20.7. The SMILES string of the molecule is CC.CC.CC.CC/C=C(/C=C/C=C/c1ccc(C2CC3(C)C(O)CCC3C3CC=C4CC5(CCC4=C23)OCC(C)(C)CO5)cc1)OCC. The van der Waals surface area contributed by atoms with Crippen molar-refractivity contribution >= 4 is 6.08 Å². The van der Waals surface area contributed by atoms with Gasteiger partial charge in [0.1, 0.15) is 5.76 Å².